The fourth-order valence-corrected chi connectivity index (χ4v) is 4.73. The summed E-state index contributed by atoms with van der Waals surface area (Å²) in [7, 11) is 1.53. The topological polar surface area (TPSA) is 79.7 Å². The van der Waals surface area contributed by atoms with Crippen molar-refractivity contribution in [3.05, 3.63) is 79.8 Å². The van der Waals surface area contributed by atoms with E-state index < -0.39 is 17.7 Å². The number of aryl methyl sites for hydroxylation is 2. The van der Waals surface area contributed by atoms with E-state index in [1.165, 1.54) is 23.3 Å². The average Bonchev–Trinajstić information content (AvgIpc) is 3.25. The molecule has 0 aliphatic carbocycles. The average molecular weight is 489 g/mol. The predicted molar refractivity (Wildman–Crippen MR) is 126 cm³/mol. The van der Waals surface area contributed by atoms with Crippen LogP contribution < -0.4 is 9.64 Å². The fourth-order valence-electron chi connectivity index (χ4n) is 3.49. The summed E-state index contributed by atoms with van der Waals surface area (Å²) >= 11 is 13.6. The summed E-state index contributed by atoms with van der Waals surface area (Å²) in [5.41, 5.74) is 1.61. The maximum atomic E-state index is 13.1. The number of hydrogen-bond acceptors (Lipinski definition) is 6. The zero-order valence-corrected chi connectivity index (χ0v) is 19.7. The number of halogens is 2. The molecule has 1 unspecified atom stereocenters. The van der Waals surface area contributed by atoms with Crippen LogP contribution in [0, 0.1) is 13.8 Å². The van der Waals surface area contributed by atoms with Crippen molar-refractivity contribution in [3.8, 4) is 5.75 Å². The van der Waals surface area contributed by atoms with Gasteiger partial charge in [-0.1, -0.05) is 29.3 Å². The minimum absolute atomic E-state index is 0.0518. The molecule has 1 amide bonds. The molecular weight excluding hydrogens is 471 g/mol. The van der Waals surface area contributed by atoms with Crippen LogP contribution in [0.1, 0.15) is 27.7 Å². The second kappa shape index (κ2) is 8.58. The lowest BCUT2D eigenvalue weighted by Crippen LogP contribution is -2.29. The first kappa shape index (κ1) is 22.3. The molecule has 2 heterocycles. The van der Waals surface area contributed by atoms with Crippen LogP contribution in [0.2, 0.25) is 10.0 Å². The Morgan fingerprint density at radius 3 is 2.34 bits per heavy atom. The lowest BCUT2D eigenvalue weighted by atomic mass is 9.95. The quantitative estimate of drug-likeness (QED) is 0.289. The number of aromatic nitrogens is 1. The maximum absolute atomic E-state index is 13.1. The Hall–Kier alpha value is -2.87. The van der Waals surface area contributed by atoms with Crippen molar-refractivity contribution in [2.45, 2.75) is 19.9 Å². The molecule has 3 aromatic rings. The number of methoxy groups -OCH3 is 1. The van der Waals surface area contributed by atoms with Crippen molar-refractivity contribution in [2.75, 3.05) is 12.0 Å². The van der Waals surface area contributed by atoms with Gasteiger partial charge in [0, 0.05) is 10.4 Å². The highest BCUT2D eigenvalue weighted by molar-refractivity contribution is 7.16. The first-order chi connectivity index (χ1) is 15.2. The molecule has 1 aliphatic heterocycles. The second-order valence-electron chi connectivity index (χ2n) is 7.21. The molecule has 32 heavy (non-hydrogen) atoms. The summed E-state index contributed by atoms with van der Waals surface area (Å²) in [6.07, 6.45) is 0. The van der Waals surface area contributed by atoms with Gasteiger partial charge in [-0.3, -0.25) is 14.5 Å². The number of rotatable bonds is 4. The van der Waals surface area contributed by atoms with Crippen LogP contribution in [0.25, 0.3) is 5.76 Å². The van der Waals surface area contributed by atoms with E-state index in [9.17, 15) is 14.7 Å². The number of nitrogens with zero attached hydrogens (tertiary/aromatic N) is 2. The Bertz CT molecular complexity index is 1250. The summed E-state index contributed by atoms with van der Waals surface area (Å²) in [5.74, 6) is -1.28. The molecule has 0 saturated carbocycles. The number of carbonyl (C=O) groups is 2. The number of aliphatic hydroxyl groups excluding tert-OH is 1. The summed E-state index contributed by atoms with van der Waals surface area (Å²) in [6.45, 7) is 3.72. The van der Waals surface area contributed by atoms with Gasteiger partial charge in [0.05, 0.1) is 34.5 Å². The van der Waals surface area contributed by atoms with Gasteiger partial charge >= 0.3 is 5.91 Å². The van der Waals surface area contributed by atoms with Crippen LogP contribution in [0.4, 0.5) is 5.13 Å². The fraction of sp³-hybridized carbons (Fsp3) is 0.174. The van der Waals surface area contributed by atoms with Crippen LogP contribution in [-0.2, 0) is 9.59 Å². The summed E-state index contributed by atoms with van der Waals surface area (Å²) < 4.78 is 5.15. The van der Waals surface area contributed by atoms with Crippen LogP contribution >= 0.6 is 34.5 Å². The molecule has 1 saturated heterocycles. The number of amides is 1. The molecule has 1 atom stereocenters. The number of aliphatic hydroxyl groups is 1. The summed E-state index contributed by atoms with van der Waals surface area (Å²) in [4.78, 5) is 33.0. The smallest absolute Gasteiger partial charge is 0.301 e. The molecule has 4 rings (SSSR count). The van der Waals surface area contributed by atoms with E-state index in [0.717, 1.165) is 10.6 Å². The van der Waals surface area contributed by atoms with Crippen molar-refractivity contribution < 1.29 is 19.4 Å². The largest absolute Gasteiger partial charge is 0.507 e. The van der Waals surface area contributed by atoms with Gasteiger partial charge in [0.25, 0.3) is 5.78 Å². The van der Waals surface area contributed by atoms with E-state index >= 15 is 0 Å². The molecule has 0 radical (unpaired) electrons. The van der Waals surface area contributed by atoms with Gasteiger partial charge in [-0.05, 0) is 55.8 Å². The van der Waals surface area contributed by atoms with E-state index in [-0.39, 0.29) is 16.4 Å². The third kappa shape index (κ3) is 3.77. The Balaban J connectivity index is 1.94. The lowest BCUT2D eigenvalue weighted by molar-refractivity contribution is -0.132. The van der Waals surface area contributed by atoms with E-state index in [0.29, 0.717) is 27.0 Å². The molecular formula is C23H18Cl2N2O4S. The molecule has 6 nitrogen and oxygen atoms in total. The predicted octanol–water partition coefficient (Wildman–Crippen LogP) is 5.70. The normalized spacial score (nSPS) is 17.8. The minimum atomic E-state index is -0.920. The third-order valence-electron chi connectivity index (χ3n) is 5.29. The highest BCUT2D eigenvalue weighted by atomic mass is 35.5. The Kier molecular flexibility index (Phi) is 5.99. The second-order valence-corrected chi connectivity index (χ2v) is 9.21. The number of benzene rings is 2. The monoisotopic (exact) mass is 488 g/mol. The van der Waals surface area contributed by atoms with Gasteiger partial charge in [0.2, 0.25) is 0 Å². The Labute approximate surface area is 198 Å². The van der Waals surface area contributed by atoms with Crippen molar-refractivity contribution >= 4 is 57.1 Å². The first-order valence-electron chi connectivity index (χ1n) is 9.57. The highest BCUT2D eigenvalue weighted by Crippen LogP contribution is 2.44. The minimum Gasteiger partial charge on any atom is -0.507 e. The SMILES string of the molecule is COc1ccc(C(O)=C2C(=O)C(=O)N(c3nc(C)c(C)s3)C2c2ccc(Cl)c(Cl)c2)cc1. The van der Waals surface area contributed by atoms with Gasteiger partial charge < -0.3 is 9.84 Å². The zero-order valence-electron chi connectivity index (χ0n) is 17.3. The van der Waals surface area contributed by atoms with Gasteiger partial charge in [0.15, 0.2) is 5.13 Å². The van der Waals surface area contributed by atoms with Gasteiger partial charge in [-0.2, -0.15) is 0 Å². The number of carbonyl (C=O) groups excluding carboxylic acids is 2. The number of ketones is 1. The Morgan fingerprint density at radius 1 is 1.09 bits per heavy atom. The molecule has 9 heteroatoms. The number of hydrogen-bond donors (Lipinski definition) is 1. The van der Waals surface area contributed by atoms with E-state index in [4.69, 9.17) is 27.9 Å². The van der Waals surface area contributed by atoms with Crippen molar-refractivity contribution in [1.29, 1.82) is 0 Å². The van der Waals surface area contributed by atoms with Crippen LogP contribution in [0.5, 0.6) is 5.75 Å². The summed E-state index contributed by atoms with van der Waals surface area (Å²) in [6, 6.07) is 10.5. The molecule has 1 N–H and O–H groups in total. The zero-order chi connectivity index (χ0) is 23.2. The van der Waals surface area contributed by atoms with E-state index in [1.807, 2.05) is 13.8 Å². The van der Waals surface area contributed by atoms with Crippen molar-refractivity contribution in [1.82, 2.24) is 4.98 Å². The maximum Gasteiger partial charge on any atom is 0.301 e. The van der Waals surface area contributed by atoms with Crippen molar-refractivity contribution in [3.63, 3.8) is 0 Å². The summed E-state index contributed by atoms with van der Waals surface area (Å²) in [5, 5.41) is 12.1. The Morgan fingerprint density at radius 2 is 1.78 bits per heavy atom. The third-order valence-corrected chi connectivity index (χ3v) is 7.10. The number of thiazole rings is 1. The first-order valence-corrected chi connectivity index (χ1v) is 11.1. The van der Waals surface area contributed by atoms with E-state index in [1.54, 1.807) is 42.5 Å². The lowest BCUT2D eigenvalue weighted by Gasteiger charge is -2.23. The van der Waals surface area contributed by atoms with Gasteiger partial charge in [0.1, 0.15) is 11.5 Å². The molecule has 2 aromatic carbocycles. The van der Waals surface area contributed by atoms with Crippen LogP contribution in [-0.4, -0.2) is 28.9 Å². The molecule has 164 valence electrons. The molecule has 1 fully saturated rings. The number of anilines is 1. The molecule has 0 bridgehead atoms. The van der Waals surface area contributed by atoms with E-state index in [2.05, 4.69) is 4.98 Å². The van der Waals surface area contributed by atoms with Gasteiger partial charge in [-0.25, -0.2) is 4.98 Å². The van der Waals surface area contributed by atoms with Gasteiger partial charge in [-0.15, -0.1) is 11.3 Å². The molecule has 1 aliphatic rings. The van der Waals surface area contributed by atoms with Crippen LogP contribution in [0.3, 0.4) is 0 Å². The number of Topliss-reactive ketones (excluding diaryl/α,β-unsaturated/α-hetero) is 1. The highest BCUT2D eigenvalue weighted by Gasteiger charge is 2.48. The molecule has 1 aromatic heterocycles. The van der Waals surface area contributed by atoms with Crippen LogP contribution in [0.15, 0.2) is 48.0 Å². The standard InChI is InChI=1S/C23H18Cl2N2O4S/c1-11-12(2)32-23(26-11)27-19(14-6-9-16(24)17(25)10-14)18(21(29)22(27)30)20(28)13-4-7-15(31-3)8-5-13/h4-10,19,28H,1-3H3. The van der Waals surface area contributed by atoms with Crippen molar-refractivity contribution in [2.24, 2.45) is 0 Å². The number of ether oxygens (including phenoxy) is 1. The molecule has 0 spiro atoms.